The molecule has 1 atom stereocenters. The number of ether oxygens (including phenoxy) is 1. The van der Waals surface area contributed by atoms with Crippen molar-refractivity contribution in [1.82, 2.24) is 9.47 Å². The van der Waals surface area contributed by atoms with E-state index in [0.717, 1.165) is 38.7 Å². The highest BCUT2D eigenvalue weighted by Crippen LogP contribution is 2.46. The van der Waals surface area contributed by atoms with Gasteiger partial charge in [0, 0.05) is 29.1 Å². The topological polar surface area (TPSA) is 51.5 Å². The van der Waals surface area contributed by atoms with E-state index in [2.05, 4.69) is 54.1 Å². The van der Waals surface area contributed by atoms with Crippen molar-refractivity contribution in [3.8, 4) is 11.3 Å². The second-order valence-electron chi connectivity index (χ2n) is 8.90. The molecule has 35 heavy (non-hydrogen) atoms. The molecule has 0 bridgehead atoms. The van der Waals surface area contributed by atoms with Gasteiger partial charge in [0.15, 0.2) is 0 Å². The molecule has 5 nitrogen and oxygen atoms in total. The Balaban J connectivity index is 1.66. The number of aromatic nitrogens is 1. The maximum Gasteiger partial charge on any atom is 0.325 e. The molecule has 0 spiro atoms. The van der Waals surface area contributed by atoms with Gasteiger partial charge in [-0.1, -0.05) is 72.8 Å². The van der Waals surface area contributed by atoms with Crippen LogP contribution in [0.5, 0.6) is 0 Å². The fourth-order valence-electron chi connectivity index (χ4n) is 5.43. The number of esters is 1. The Bertz CT molecular complexity index is 1630. The van der Waals surface area contributed by atoms with Crippen molar-refractivity contribution >= 4 is 33.6 Å². The smallest absolute Gasteiger partial charge is 0.325 e. The number of nitrogens with zero attached hydrogens (tertiary/aromatic N) is 2. The summed E-state index contributed by atoms with van der Waals surface area (Å²) >= 11 is 0. The second-order valence-corrected chi connectivity index (χ2v) is 8.90. The third-order valence-electron chi connectivity index (χ3n) is 7.03. The normalized spacial score (nSPS) is 15.1. The van der Waals surface area contributed by atoms with Crippen LogP contribution in [0.1, 0.15) is 27.5 Å². The van der Waals surface area contributed by atoms with E-state index in [1.54, 1.807) is 4.90 Å². The summed E-state index contributed by atoms with van der Waals surface area (Å²) in [5.74, 6) is -0.600. The third-order valence-corrected chi connectivity index (χ3v) is 7.03. The molecule has 0 N–H and O–H groups in total. The fraction of sp³-hybridized carbons (Fsp3) is 0.133. The van der Waals surface area contributed by atoms with Crippen molar-refractivity contribution in [2.75, 3.05) is 13.7 Å². The molecule has 0 saturated carbocycles. The molecule has 4 aromatic carbocycles. The first-order valence-corrected chi connectivity index (χ1v) is 11.6. The Morgan fingerprint density at radius 3 is 2.43 bits per heavy atom. The zero-order chi connectivity index (χ0) is 24.1. The van der Waals surface area contributed by atoms with E-state index in [9.17, 15) is 9.59 Å². The first-order chi connectivity index (χ1) is 17.1. The summed E-state index contributed by atoms with van der Waals surface area (Å²) in [6.45, 7) is -0.116. The summed E-state index contributed by atoms with van der Waals surface area (Å²) in [6, 6.07) is 30.2. The maximum absolute atomic E-state index is 13.5. The Morgan fingerprint density at radius 1 is 0.886 bits per heavy atom. The van der Waals surface area contributed by atoms with Crippen LogP contribution in [0.15, 0.2) is 91.0 Å². The lowest BCUT2D eigenvalue weighted by Gasteiger charge is -2.26. The van der Waals surface area contributed by atoms with Crippen molar-refractivity contribution < 1.29 is 14.3 Å². The fourth-order valence-corrected chi connectivity index (χ4v) is 5.43. The van der Waals surface area contributed by atoms with Crippen LogP contribution in [0.4, 0.5) is 0 Å². The largest absolute Gasteiger partial charge is 0.468 e. The van der Waals surface area contributed by atoms with E-state index >= 15 is 0 Å². The number of carbonyl (C=O) groups excluding carboxylic acids is 2. The number of hydrogen-bond donors (Lipinski definition) is 0. The monoisotopic (exact) mass is 460 g/mol. The minimum Gasteiger partial charge on any atom is -0.468 e. The van der Waals surface area contributed by atoms with E-state index in [4.69, 9.17) is 4.74 Å². The number of amides is 1. The first kappa shape index (κ1) is 21.2. The summed E-state index contributed by atoms with van der Waals surface area (Å²) in [4.78, 5) is 27.5. The van der Waals surface area contributed by atoms with Gasteiger partial charge in [0.05, 0.1) is 18.8 Å². The molecule has 172 valence electrons. The number of benzene rings is 4. The third kappa shape index (κ3) is 3.23. The quantitative estimate of drug-likeness (QED) is 0.323. The van der Waals surface area contributed by atoms with E-state index in [1.165, 1.54) is 12.5 Å². The summed E-state index contributed by atoms with van der Waals surface area (Å²) in [7, 11) is 3.41. The summed E-state index contributed by atoms with van der Waals surface area (Å²) in [6.07, 6.45) is 0. The summed E-state index contributed by atoms with van der Waals surface area (Å²) in [5, 5.41) is 3.38. The molecule has 5 heteroatoms. The standard InChI is InChI=1S/C30H24N2O3/c1-31-25-14-8-7-13-24(25)27(28(31)21-16-15-19-9-3-4-10-20(19)17-21)29-22-11-5-6-12-23(22)30(34)32(29)18-26(33)35-2/h3-17,29H,18H2,1-2H3. The predicted molar refractivity (Wildman–Crippen MR) is 137 cm³/mol. The molecule has 0 saturated heterocycles. The Morgan fingerprint density at radius 2 is 1.60 bits per heavy atom. The van der Waals surface area contributed by atoms with Crippen molar-refractivity contribution in [3.63, 3.8) is 0 Å². The number of carbonyl (C=O) groups is 2. The Labute approximate surface area is 203 Å². The van der Waals surface area contributed by atoms with Crippen molar-refractivity contribution in [1.29, 1.82) is 0 Å². The van der Waals surface area contributed by atoms with Crippen molar-refractivity contribution in [2.24, 2.45) is 7.05 Å². The average Bonchev–Trinajstić information content (AvgIpc) is 3.34. The lowest BCUT2D eigenvalue weighted by Crippen LogP contribution is -2.34. The van der Waals surface area contributed by atoms with E-state index in [-0.39, 0.29) is 12.5 Å². The van der Waals surface area contributed by atoms with Crippen LogP contribution in [0, 0.1) is 0 Å². The summed E-state index contributed by atoms with van der Waals surface area (Å²) < 4.78 is 7.15. The van der Waals surface area contributed by atoms with Crippen LogP contribution in [0.3, 0.4) is 0 Å². The zero-order valence-electron chi connectivity index (χ0n) is 19.6. The zero-order valence-corrected chi connectivity index (χ0v) is 19.6. The molecule has 2 heterocycles. The summed E-state index contributed by atoms with van der Waals surface area (Å²) in [5.41, 5.74) is 5.70. The number of hydrogen-bond acceptors (Lipinski definition) is 3. The lowest BCUT2D eigenvalue weighted by molar-refractivity contribution is -0.141. The molecule has 5 aromatic rings. The minimum absolute atomic E-state index is 0.116. The number of fused-ring (bicyclic) bond motifs is 3. The molecular weight excluding hydrogens is 436 g/mol. The minimum atomic E-state index is -0.441. The Kier molecular flexibility index (Phi) is 4.92. The number of aryl methyl sites for hydroxylation is 1. The SMILES string of the molecule is COC(=O)CN1C(=O)c2ccccc2C1c1c(-c2ccc3ccccc3c2)n(C)c2ccccc12. The number of rotatable bonds is 4. The Hall–Kier alpha value is -4.38. The van der Waals surface area contributed by atoms with Crippen molar-refractivity contribution in [2.45, 2.75) is 6.04 Å². The van der Waals surface area contributed by atoms with Crippen LogP contribution in [-0.2, 0) is 16.6 Å². The molecule has 1 amide bonds. The van der Waals surface area contributed by atoms with E-state index < -0.39 is 12.0 Å². The average molecular weight is 461 g/mol. The first-order valence-electron chi connectivity index (χ1n) is 11.6. The highest BCUT2D eigenvalue weighted by Gasteiger charge is 2.41. The van der Waals surface area contributed by atoms with Crippen LogP contribution < -0.4 is 0 Å². The van der Waals surface area contributed by atoms with Crippen LogP contribution >= 0.6 is 0 Å². The second kappa shape index (κ2) is 8.13. The van der Waals surface area contributed by atoms with E-state index in [0.29, 0.717) is 5.56 Å². The molecule has 0 fully saturated rings. The van der Waals surface area contributed by atoms with Crippen LogP contribution in [-0.4, -0.2) is 35.0 Å². The number of methoxy groups -OCH3 is 1. The molecule has 6 rings (SSSR count). The van der Waals surface area contributed by atoms with Gasteiger partial charge in [-0.2, -0.15) is 0 Å². The molecule has 0 radical (unpaired) electrons. The van der Waals surface area contributed by atoms with Gasteiger partial charge in [-0.15, -0.1) is 0 Å². The maximum atomic E-state index is 13.5. The highest BCUT2D eigenvalue weighted by molar-refractivity contribution is 6.04. The highest BCUT2D eigenvalue weighted by atomic mass is 16.5. The molecule has 1 aliphatic rings. The molecule has 0 aliphatic carbocycles. The van der Waals surface area contributed by atoms with Gasteiger partial charge < -0.3 is 14.2 Å². The van der Waals surface area contributed by atoms with Crippen LogP contribution in [0.25, 0.3) is 32.9 Å². The van der Waals surface area contributed by atoms with Crippen LogP contribution in [0.2, 0.25) is 0 Å². The van der Waals surface area contributed by atoms with Gasteiger partial charge in [0.1, 0.15) is 6.54 Å². The molecule has 1 unspecified atom stereocenters. The predicted octanol–water partition coefficient (Wildman–Crippen LogP) is 5.72. The van der Waals surface area contributed by atoms with Gasteiger partial charge in [0.2, 0.25) is 0 Å². The van der Waals surface area contributed by atoms with Gasteiger partial charge >= 0.3 is 5.97 Å². The van der Waals surface area contributed by atoms with Gasteiger partial charge in [0.25, 0.3) is 5.91 Å². The van der Waals surface area contributed by atoms with Crippen molar-refractivity contribution in [3.05, 3.63) is 108 Å². The molecular formula is C30H24N2O3. The van der Waals surface area contributed by atoms with Gasteiger partial charge in [-0.25, -0.2) is 0 Å². The van der Waals surface area contributed by atoms with E-state index in [1.807, 2.05) is 48.5 Å². The van der Waals surface area contributed by atoms with Gasteiger partial charge in [-0.05, 0) is 40.1 Å². The molecule has 1 aliphatic heterocycles. The lowest BCUT2D eigenvalue weighted by atomic mass is 9.92. The number of para-hydroxylation sites is 1. The van der Waals surface area contributed by atoms with Gasteiger partial charge in [-0.3, -0.25) is 9.59 Å². The molecule has 1 aromatic heterocycles.